The number of nitrogens with zero attached hydrogens (tertiary/aromatic N) is 4. The lowest BCUT2D eigenvalue weighted by Crippen LogP contribution is -2.50. The smallest absolute Gasteiger partial charge is 0.227 e. The van der Waals surface area contributed by atoms with Crippen LogP contribution in [0.5, 0.6) is 0 Å². The lowest BCUT2D eigenvalue weighted by Gasteiger charge is -2.27. The van der Waals surface area contributed by atoms with Crippen LogP contribution in [0.4, 0.5) is 29.0 Å². The van der Waals surface area contributed by atoms with E-state index in [0.717, 1.165) is 23.6 Å². The standard InChI is InChI=1S/C20H30ClN7O/c1-6-15(11-29)23-20-24-18(22-16-9-7-14(21)8-10-16)17-19(25-20)28(13(4)5)26-27(17)12(2)3/h7-10,12-13,15,26,29H,6,11H2,1-5H3,(H2,22,23,24,25). The second kappa shape index (κ2) is 9.02. The number of hydrogen-bond donors (Lipinski definition) is 4. The molecule has 0 radical (unpaired) electrons. The molecule has 3 rings (SSSR count). The summed E-state index contributed by atoms with van der Waals surface area (Å²) in [4.78, 5) is 9.51. The van der Waals surface area contributed by atoms with Gasteiger partial charge in [-0.2, -0.15) is 9.97 Å². The first kappa shape index (κ1) is 21.4. The maximum atomic E-state index is 9.59. The van der Waals surface area contributed by atoms with Crippen LogP contribution in [0, 0.1) is 0 Å². The zero-order chi connectivity index (χ0) is 21.1. The molecule has 29 heavy (non-hydrogen) atoms. The van der Waals surface area contributed by atoms with E-state index in [2.05, 4.69) is 48.9 Å². The van der Waals surface area contributed by atoms with Crippen molar-refractivity contribution < 1.29 is 5.11 Å². The van der Waals surface area contributed by atoms with Crippen LogP contribution in [0.15, 0.2) is 24.3 Å². The largest absolute Gasteiger partial charge is 0.394 e. The van der Waals surface area contributed by atoms with Gasteiger partial charge in [-0.05, 0) is 58.4 Å². The molecular weight excluding hydrogens is 390 g/mol. The van der Waals surface area contributed by atoms with Crippen molar-refractivity contribution in [3.05, 3.63) is 29.3 Å². The molecule has 8 nitrogen and oxygen atoms in total. The quantitative estimate of drug-likeness (QED) is 0.512. The lowest BCUT2D eigenvalue weighted by molar-refractivity contribution is 0.271. The average molecular weight is 420 g/mol. The highest BCUT2D eigenvalue weighted by molar-refractivity contribution is 6.30. The summed E-state index contributed by atoms with van der Waals surface area (Å²) >= 11 is 6.03. The fraction of sp³-hybridized carbons (Fsp3) is 0.500. The van der Waals surface area contributed by atoms with Crippen molar-refractivity contribution in [1.29, 1.82) is 0 Å². The van der Waals surface area contributed by atoms with Crippen LogP contribution >= 0.6 is 11.6 Å². The Bertz CT molecular complexity index is 824. The van der Waals surface area contributed by atoms with Gasteiger partial charge in [-0.15, -0.1) is 5.53 Å². The van der Waals surface area contributed by atoms with E-state index in [9.17, 15) is 5.11 Å². The van der Waals surface area contributed by atoms with Gasteiger partial charge in [-0.1, -0.05) is 18.5 Å². The Hall–Kier alpha value is -2.29. The number of benzene rings is 1. The van der Waals surface area contributed by atoms with Gasteiger partial charge >= 0.3 is 0 Å². The van der Waals surface area contributed by atoms with E-state index in [4.69, 9.17) is 21.6 Å². The molecule has 0 fully saturated rings. The van der Waals surface area contributed by atoms with E-state index >= 15 is 0 Å². The Balaban J connectivity index is 2.09. The molecule has 0 aliphatic carbocycles. The third kappa shape index (κ3) is 4.66. The molecular formula is C20H30ClN7O. The number of fused-ring (bicyclic) bond motifs is 1. The van der Waals surface area contributed by atoms with Crippen molar-refractivity contribution in [3.63, 3.8) is 0 Å². The molecule has 4 N–H and O–H groups in total. The normalized spacial score (nSPS) is 14.5. The van der Waals surface area contributed by atoms with Crippen molar-refractivity contribution in [3.8, 4) is 0 Å². The number of halogens is 1. The summed E-state index contributed by atoms with van der Waals surface area (Å²) in [5.41, 5.74) is 5.18. The minimum atomic E-state index is -0.112. The lowest BCUT2D eigenvalue weighted by atomic mass is 10.2. The Kier molecular flexibility index (Phi) is 6.66. The van der Waals surface area contributed by atoms with Crippen LogP contribution in [-0.4, -0.2) is 39.8 Å². The first-order valence-electron chi connectivity index (χ1n) is 10.0. The summed E-state index contributed by atoms with van der Waals surface area (Å²) in [5.74, 6) is 1.94. The zero-order valence-corrected chi connectivity index (χ0v) is 18.3. The summed E-state index contributed by atoms with van der Waals surface area (Å²) < 4.78 is 0. The molecule has 0 saturated heterocycles. The monoisotopic (exact) mass is 419 g/mol. The second-order valence-corrected chi connectivity index (χ2v) is 8.10. The molecule has 1 aromatic carbocycles. The van der Waals surface area contributed by atoms with E-state index in [1.165, 1.54) is 0 Å². The number of nitrogens with one attached hydrogen (secondary N) is 3. The maximum Gasteiger partial charge on any atom is 0.227 e. The highest BCUT2D eigenvalue weighted by atomic mass is 35.5. The van der Waals surface area contributed by atoms with Gasteiger partial charge in [0.2, 0.25) is 5.95 Å². The molecule has 1 aromatic heterocycles. The van der Waals surface area contributed by atoms with Crippen LogP contribution in [-0.2, 0) is 0 Å². The Labute approximate surface area is 177 Å². The summed E-state index contributed by atoms with van der Waals surface area (Å²) in [5, 5.41) is 21.0. The Morgan fingerprint density at radius 2 is 1.72 bits per heavy atom. The molecule has 0 amide bonds. The van der Waals surface area contributed by atoms with Gasteiger partial charge in [0.1, 0.15) is 5.69 Å². The Morgan fingerprint density at radius 1 is 1.07 bits per heavy atom. The minimum Gasteiger partial charge on any atom is -0.394 e. The van der Waals surface area contributed by atoms with E-state index in [-0.39, 0.29) is 24.7 Å². The number of aliphatic hydroxyl groups excluding tert-OH is 1. The topological polar surface area (TPSA) is 88.6 Å². The van der Waals surface area contributed by atoms with Crippen LogP contribution in [0.2, 0.25) is 5.02 Å². The van der Waals surface area contributed by atoms with E-state index in [1.54, 1.807) is 0 Å². The summed E-state index contributed by atoms with van der Waals surface area (Å²) in [6.45, 7) is 10.4. The van der Waals surface area contributed by atoms with Crippen molar-refractivity contribution in [1.82, 2.24) is 15.5 Å². The van der Waals surface area contributed by atoms with Gasteiger partial charge in [0.25, 0.3) is 0 Å². The summed E-state index contributed by atoms with van der Waals surface area (Å²) in [6.07, 6.45) is 0.765. The van der Waals surface area contributed by atoms with Crippen LogP contribution in [0.1, 0.15) is 41.0 Å². The summed E-state index contributed by atoms with van der Waals surface area (Å²) in [6, 6.07) is 7.75. The summed E-state index contributed by atoms with van der Waals surface area (Å²) in [7, 11) is 0. The average Bonchev–Trinajstić information content (AvgIpc) is 3.08. The number of anilines is 5. The molecule has 2 heterocycles. The predicted molar refractivity (Wildman–Crippen MR) is 120 cm³/mol. The third-order valence-corrected chi connectivity index (χ3v) is 4.99. The van der Waals surface area contributed by atoms with Crippen molar-refractivity contribution in [2.24, 2.45) is 0 Å². The fourth-order valence-electron chi connectivity index (χ4n) is 3.06. The zero-order valence-electron chi connectivity index (χ0n) is 17.6. The Morgan fingerprint density at radius 3 is 2.28 bits per heavy atom. The molecule has 0 spiro atoms. The van der Waals surface area contributed by atoms with Gasteiger partial charge in [-0.25, -0.2) is 0 Å². The van der Waals surface area contributed by atoms with Gasteiger partial charge in [0.15, 0.2) is 11.6 Å². The predicted octanol–water partition coefficient (Wildman–Crippen LogP) is 3.92. The molecule has 2 aromatic rings. The molecule has 0 saturated carbocycles. The van der Waals surface area contributed by atoms with Crippen LogP contribution in [0.3, 0.4) is 0 Å². The molecule has 1 atom stereocenters. The first-order valence-corrected chi connectivity index (χ1v) is 10.4. The van der Waals surface area contributed by atoms with Crippen LogP contribution < -0.4 is 26.2 Å². The van der Waals surface area contributed by atoms with Gasteiger partial charge < -0.3 is 15.7 Å². The van der Waals surface area contributed by atoms with E-state index in [1.807, 2.05) is 36.2 Å². The third-order valence-electron chi connectivity index (χ3n) is 4.74. The molecule has 9 heteroatoms. The molecule has 158 valence electrons. The van der Waals surface area contributed by atoms with E-state index in [0.29, 0.717) is 16.8 Å². The number of rotatable bonds is 8. The van der Waals surface area contributed by atoms with Crippen molar-refractivity contribution >= 4 is 40.6 Å². The number of aromatic nitrogens is 2. The van der Waals surface area contributed by atoms with Gasteiger partial charge in [0, 0.05) is 22.8 Å². The number of hydrazine groups is 2. The second-order valence-electron chi connectivity index (χ2n) is 7.66. The van der Waals surface area contributed by atoms with E-state index < -0.39 is 0 Å². The number of aliphatic hydroxyl groups is 1. The SMILES string of the molecule is CCC(CO)Nc1nc(Nc2ccc(Cl)cc2)c2c(n1)N(C(C)C)NN2C(C)C. The molecule has 1 aliphatic heterocycles. The van der Waals surface area contributed by atoms with Crippen LogP contribution in [0.25, 0.3) is 0 Å². The molecule has 1 aliphatic rings. The minimum absolute atomic E-state index is 0.0150. The molecule has 0 bridgehead atoms. The van der Waals surface area contributed by atoms with Crippen molar-refractivity contribution in [2.75, 3.05) is 27.3 Å². The maximum absolute atomic E-state index is 9.59. The highest BCUT2D eigenvalue weighted by Crippen LogP contribution is 2.41. The fourth-order valence-corrected chi connectivity index (χ4v) is 3.19. The number of hydrogen-bond acceptors (Lipinski definition) is 8. The van der Waals surface area contributed by atoms with Gasteiger partial charge in [0.05, 0.1) is 12.6 Å². The first-order chi connectivity index (χ1) is 13.8. The highest BCUT2D eigenvalue weighted by Gasteiger charge is 2.35. The molecule has 1 unspecified atom stereocenters. The van der Waals surface area contributed by atoms with Gasteiger partial charge in [-0.3, -0.25) is 10.0 Å². The van der Waals surface area contributed by atoms with Crippen molar-refractivity contribution in [2.45, 2.75) is 59.2 Å².